The zero-order chi connectivity index (χ0) is 22.2. The quantitative estimate of drug-likeness (QED) is 0.636. The molecular weight excluding hydrogens is 392 g/mol. The number of hydrogen-bond acceptors (Lipinski definition) is 8. The summed E-state index contributed by atoms with van der Waals surface area (Å²) in [6, 6.07) is 7.19. The number of pyridine rings is 1. The molecule has 3 aromatic rings. The Morgan fingerprint density at radius 2 is 1.50 bits per heavy atom. The molecule has 0 radical (unpaired) electrons. The average Bonchev–Trinajstić information content (AvgIpc) is 2.75. The fourth-order valence-corrected chi connectivity index (χ4v) is 3.06. The molecule has 156 valence electrons. The van der Waals surface area contributed by atoms with Crippen LogP contribution in [0, 0.1) is 6.92 Å². The van der Waals surface area contributed by atoms with Crippen molar-refractivity contribution in [2.24, 2.45) is 14.1 Å². The number of nitrogens with one attached hydrogen (secondary N) is 1. The smallest absolute Gasteiger partial charge is 0.342 e. The van der Waals surface area contributed by atoms with Gasteiger partial charge in [0.2, 0.25) is 0 Å². The molecule has 2 aromatic heterocycles. The molecule has 1 aromatic carbocycles. The minimum Gasteiger partial charge on any atom is -0.465 e. The Bertz CT molecular complexity index is 1290. The van der Waals surface area contributed by atoms with Crippen molar-refractivity contribution >= 4 is 34.5 Å². The maximum absolute atomic E-state index is 12.8. The van der Waals surface area contributed by atoms with Crippen molar-refractivity contribution in [1.29, 1.82) is 0 Å². The van der Waals surface area contributed by atoms with E-state index in [0.29, 0.717) is 5.69 Å². The van der Waals surface area contributed by atoms with Crippen LogP contribution in [0.3, 0.4) is 0 Å². The summed E-state index contributed by atoms with van der Waals surface area (Å²) in [5.74, 6) is -1.89. The second-order valence-corrected chi connectivity index (χ2v) is 6.59. The van der Waals surface area contributed by atoms with E-state index in [4.69, 9.17) is 9.47 Å². The Labute approximate surface area is 170 Å². The van der Waals surface area contributed by atoms with Gasteiger partial charge in [0.15, 0.2) is 5.65 Å². The molecule has 30 heavy (non-hydrogen) atoms. The monoisotopic (exact) mass is 412 g/mol. The lowest BCUT2D eigenvalue weighted by molar-refractivity contribution is 0.0557. The molecule has 0 aliphatic rings. The number of rotatable bonds is 4. The summed E-state index contributed by atoms with van der Waals surface area (Å²) in [7, 11) is 4.93. The second-order valence-electron chi connectivity index (χ2n) is 6.59. The molecule has 0 amide bonds. The molecule has 0 fully saturated rings. The van der Waals surface area contributed by atoms with E-state index >= 15 is 0 Å². The van der Waals surface area contributed by atoms with Crippen LogP contribution in [0.4, 0.5) is 11.5 Å². The summed E-state index contributed by atoms with van der Waals surface area (Å²) in [5.41, 5.74) is -0.515. The first-order valence-electron chi connectivity index (χ1n) is 8.85. The highest BCUT2D eigenvalue weighted by atomic mass is 16.5. The SMILES string of the molecule is COC(=O)c1c(Nc2ccc(C)cc2)nc2c(c1C(=O)OC)c(=O)n(C)c(=O)n2C. The van der Waals surface area contributed by atoms with Crippen LogP contribution >= 0.6 is 0 Å². The molecule has 1 N–H and O–H groups in total. The molecule has 0 aliphatic heterocycles. The molecule has 0 spiro atoms. The van der Waals surface area contributed by atoms with E-state index in [9.17, 15) is 19.2 Å². The summed E-state index contributed by atoms with van der Waals surface area (Å²) in [4.78, 5) is 54.8. The number of methoxy groups -OCH3 is 2. The number of fused-ring (bicyclic) bond motifs is 1. The van der Waals surface area contributed by atoms with Crippen molar-refractivity contribution in [1.82, 2.24) is 14.1 Å². The first-order chi connectivity index (χ1) is 14.2. The minimum absolute atomic E-state index is 0.0538. The second kappa shape index (κ2) is 7.82. The van der Waals surface area contributed by atoms with E-state index < -0.39 is 23.2 Å². The molecule has 10 heteroatoms. The maximum Gasteiger partial charge on any atom is 0.342 e. The van der Waals surface area contributed by atoms with Crippen LogP contribution in [0.1, 0.15) is 26.3 Å². The molecule has 10 nitrogen and oxygen atoms in total. The van der Waals surface area contributed by atoms with Crippen LogP contribution in [0.5, 0.6) is 0 Å². The predicted molar refractivity (Wildman–Crippen MR) is 109 cm³/mol. The molecular formula is C20H20N4O6. The first kappa shape index (κ1) is 20.8. The topological polar surface area (TPSA) is 122 Å². The maximum atomic E-state index is 12.8. The summed E-state index contributed by atoms with van der Waals surface area (Å²) in [6.07, 6.45) is 0. The Balaban J connectivity index is 2.50. The van der Waals surface area contributed by atoms with Gasteiger partial charge >= 0.3 is 17.6 Å². The van der Waals surface area contributed by atoms with Gasteiger partial charge in [-0.1, -0.05) is 17.7 Å². The highest BCUT2D eigenvalue weighted by Crippen LogP contribution is 2.28. The Morgan fingerprint density at radius 3 is 2.07 bits per heavy atom. The molecule has 0 bridgehead atoms. The highest BCUT2D eigenvalue weighted by Gasteiger charge is 2.30. The largest absolute Gasteiger partial charge is 0.465 e. The van der Waals surface area contributed by atoms with Crippen molar-refractivity contribution in [3.63, 3.8) is 0 Å². The van der Waals surface area contributed by atoms with Gasteiger partial charge in [0.1, 0.15) is 11.4 Å². The zero-order valence-electron chi connectivity index (χ0n) is 17.1. The van der Waals surface area contributed by atoms with Crippen LogP contribution < -0.4 is 16.6 Å². The minimum atomic E-state index is -0.939. The Morgan fingerprint density at radius 1 is 0.933 bits per heavy atom. The lowest BCUT2D eigenvalue weighted by Gasteiger charge is -2.17. The predicted octanol–water partition coefficient (Wildman–Crippen LogP) is 1.26. The molecule has 0 unspecified atom stereocenters. The molecule has 0 atom stereocenters. The number of aryl methyl sites for hydroxylation is 2. The first-order valence-corrected chi connectivity index (χ1v) is 8.85. The van der Waals surface area contributed by atoms with Gasteiger partial charge in [-0.25, -0.2) is 19.4 Å². The fraction of sp³-hybridized carbons (Fsp3) is 0.250. The Hall–Kier alpha value is -3.95. The van der Waals surface area contributed by atoms with Gasteiger partial charge in [-0.3, -0.25) is 13.9 Å². The lowest BCUT2D eigenvalue weighted by atomic mass is 10.0. The van der Waals surface area contributed by atoms with Gasteiger partial charge in [0.05, 0.1) is 25.2 Å². The van der Waals surface area contributed by atoms with E-state index in [1.165, 1.54) is 14.1 Å². The van der Waals surface area contributed by atoms with Crippen LogP contribution in [0.25, 0.3) is 11.0 Å². The zero-order valence-corrected chi connectivity index (χ0v) is 17.1. The van der Waals surface area contributed by atoms with E-state index in [-0.39, 0.29) is 28.0 Å². The molecule has 3 rings (SSSR count). The van der Waals surface area contributed by atoms with E-state index in [1.807, 2.05) is 19.1 Å². The summed E-state index contributed by atoms with van der Waals surface area (Å²) >= 11 is 0. The van der Waals surface area contributed by atoms with E-state index in [0.717, 1.165) is 28.9 Å². The third-order valence-electron chi connectivity index (χ3n) is 4.68. The van der Waals surface area contributed by atoms with Gasteiger partial charge in [-0.15, -0.1) is 0 Å². The summed E-state index contributed by atoms with van der Waals surface area (Å²) in [5, 5.41) is 2.74. The fourth-order valence-electron chi connectivity index (χ4n) is 3.06. The van der Waals surface area contributed by atoms with Gasteiger partial charge in [0.25, 0.3) is 5.56 Å². The van der Waals surface area contributed by atoms with Crippen molar-refractivity contribution in [3.05, 3.63) is 61.8 Å². The number of esters is 2. The number of carbonyl (C=O) groups excluding carboxylic acids is 2. The highest BCUT2D eigenvalue weighted by molar-refractivity contribution is 6.14. The summed E-state index contributed by atoms with van der Waals surface area (Å²) < 4.78 is 11.6. The van der Waals surface area contributed by atoms with Crippen molar-refractivity contribution in [2.75, 3.05) is 19.5 Å². The van der Waals surface area contributed by atoms with Gasteiger partial charge in [-0.2, -0.15) is 0 Å². The van der Waals surface area contributed by atoms with Crippen molar-refractivity contribution < 1.29 is 19.1 Å². The van der Waals surface area contributed by atoms with Crippen LogP contribution in [-0.4, -0.2) is 40.3 Å². The van der Waals surface area contributed by atoms with Gasteiger partial charge in [-0.05, 0) is 19.1 Å². The van der Waals surface area contributed by atoms with Crippen molar-refractivity contribution in [3.8, 4) is 0 Å². The number of benzene rings is 1. The summed E-state index contributed by atoms with van der Waals surface area (Å²) in [6.45, 7) is 1.92. The van der Waals surface area contributed by atoms with E-state index in [2.05, 4.69) is 10.3 Å². The number of carbonyl (C=O) groups is 2. The molecule has 0 aliphatic carbocycles. The molecule has 2 heterocycles. The van der Waals surface area contributed by atoms with E-state index in [1.54, 1.807) is 12.1 Å². The normalized spacial score (nSPS) is 10.7. The molecule has 0 saturated heterocycles. The average molecular weight is 412 g/mol. The Kier molecular flexibility index (Phi) is 5.41. The lowest BCUT2D eigenvalue weighted by Crippen LogP contribution is -2.38. The van der Waals surface area contributed by atoms with Crippen molar-refractivity contribution in [2.45, 2.75) is 6.92 Å². The van der Waals surface area contributed by atoms with Gasteiger partial charge < -0.3 is 14.8 Å². The number of ether oxygens (including phenoxy) is 2. The van der Waals surface area contributed by atoms with Crippen LogP contribution in [0.15, 0.2) is 33.9 Å². The number of nitrogens with zero attached hydrogens (tertiary/aromatic N) is 3. The number of aromatic nitrogens is 3. The third-order valence-corrected chi connectivity index (χ3v) is 4.68. The van der Waals surface area contributed by atoms with Crippen LogP contribution in [0.2, 0.25) is 0 Å². The number of anilines is 2. The third kappa shape index (κ3) is 3.32. The number of hydrogen-bond donors (Lipinski definition) is 1. The molecule has 0 saturated carbocycles. The van der Waals surface area contributed by atoms with Gasteiger partial charge in [0, 0.05) is 19.8 Å². The standard InChI is InChI=1S/C20H20N4O6/c1-10-6-8-11(9-7-10)21-15-13(19(27)30-5)12(18(26)29-4)14-16(22-15)23(2)20(28)24(3)17(14)25/h6-9H,1-5H3,(H,21,22). The van der Waals surface area contributed by atoms with Crippen LogP contribution in [-0.2, 0) is 23.6 Å².